The molecule has 3 aromatic rings. The van der Waals surface area contributed by atoms with Gasteiger partial charge in [0.2, 0.25) is 5.88 Å². The van der Waals surface area contributed by atoms with Crippen LogP contribution in [-0.4, -0.2) is 32.0 Å². The number of aromatic hydroxyl groups is 1. The van der Waals surface area contributed by atoms with Crippen LogP contribution in [0.4, 0.5) is 0 Å². The van der Waals surface area contributed by atoms with E-state index in [1.807, 2.05) is 24.3 Å². The molecule has 0 fully saturated rings. The summed E-state index contributed by atoms with van der Waals surface area (Å²) in [5.74, 6) is 0.712. The van der Waals surface area contributed by atoms with Crippen molar-refractivity contribution in [1.29, 1.82) is 0 Å². The smallest absolute Gasteiger partial charge is 0.225 e. The lowest BCUT2D eigenvalue weighted by molar-refractivity contribution is 0.414. The van der Waals surface area contributed by atoms with E-state index < -0.39 is 0 Å². The summed E-state index contributed by atoms with van der Waals surface area (Å²) in [4.78, 5) is 8.12. The molecule has 0 saturated carbocycles. The first-order valence-electron chi connectivity index (χ1n) is 6.80. The van der Waals surface area contributed by atoms with Crippen molar-refractivity contribution in [2.24, 2.45) is 0 Å². The molecule has 0 amide bonds. The van der Waals surface area contributed by atoms with Crippen LogP contribution in [0.15, 0.2) is 30.6 Å². The molecule has 1 N–H and O–H groups in total. The van der Waals surface area contributed by atoms with E-state index in [-0.39, 0.29) is 5.88 Å². The number of aromatic nitrogens is 4. The van der Waals surface area contributed by atoms with Gasteiger partial charge in [-0.3, -0.25) is 0 Å². The minimum absolute atomic E-state index is 0.0300. The molecule has 0 aliphatic carbocycles. The van der Waals surface area contributed by atoms with Crippen LogP contribution in [0, 0.1) is 0 Å². The molecule has 108 valence electrons. The number of nitrogens with zero attached hydrogens (tertiary/aromatic N) is 4. The number of methoxy groups -OCH3 is 1. The van der Waals surface area contributed by atoms with Crippen molar-refractivity contribution in [1.82, 2.24) is 19.7 Å². The van der Waals surface area contributed by atoms with Crippen LogP contribution >= 0.6 is 0 Å². The Kier molecular flexibility index (Phi) is 3.43. The normalized spacial score (nSPS) is 11.0. The third kappa shape index (κ3) is 2.29. The monoisotopic (exact) mass is 284 g/mol. The van der Waals surface area contributed by atoms with Gasteiger partial charge in [-0.15, -0.1) is 0 Å². The van der Waals surface area contributed by atoms with Crippen molar-refractivity contribution in [2.75, 3.05) is 7.11 Å². The van der Waals surface area contributed by atoms with Crippen LogP contribution in [0.25, 0.3) is 16.7 Å². The van der Waals surface area contributed by atoms with E-state index in [9.17, 15) is 5.11 Å². The predicted molar refractivity (Wildman–Crippen MR) is 78.9 cm³/mol. The Morgan fingerprint density at radius 2 is 2.14 bits per heavy atom. The van der Waals surface area contributed by atoms with Gasteiger partial charge in [-0.25, -0.2) is 14.6 Å². The van der Waals surface area contributed by atoms with Crippen LogP contribution in [0.2, 0.25) is 0 Å². The summed E-state index contributed by atoms with van der Waals surface area (Å²) in [5.41, 5.74) is 2.23. The molecule has 0 aliphatic rings. The van der Waals surface area contributed by atoms with Gasteiger partial charge in [-0.2, -0.15) is 5.10 Å². The van der Waals surface area contributed by atoms with Crippen LogP contribution < -0.4 is 4.74 Å². The second-order valence-electron chi connectivity index (χ2n) is 4.71. The maximum Gasteiger partial charge on any atom is 0.225 e. The fraction of sp³-hybridized carbons (Fsp3) is 0.267. The Bertz CT molecular complexity index is 782. The lowest BCUT2D eigenvalue weighted by Gasteiger charge is -2.05. The molecule has 0 spiro atoms. The second-order valence-corrected chi connectivity index (χ2v) is 4.71. The van der Waals surface area contributed by atoms with Gasteiger partial charge in [0, 0.05) is 6.07 Å². The number of benzene rings is 1. The fourth-order valence-electron chi connectivity index (χ4n) is 2.34. The fourth-order valence-corrected chi connectivity index (χ4v) is 2.34. The molecule has 21 heavy (non-hydrogen) atoms. The van der Waals surface area contributed by atoms with E-state index >= 15 is 0 Å². The van der Waals surface area contributed by atoms with Gasteiger partial charge >= 0.3 is 0 Å². The summed E-state index contributed by atoms with van der Waals surface area (Å²) < 4.78 is 6.96. The number of ether oxygens (including phenoxy) is 1. The predicted octanol–water partition coefficient (Wildman–Crippen LogP) is 2.48. The SMILES string of the molecule is CCCc1nn(-c2cccc(OC)c2)c2ncnc(O)c12. The minimum atomic E-state index is -0.0300. The second kappa shape index (κ2) is 5.40. The zero-order valence-corrected chi connectivity index (χ0v) is 11.9. The molecule has 1 aromatic carbocycles. The van der Waals surface area contributed by atoms with Crippen LogP contribution in [0.3, 0.4) is 0 Å². The average molecular weight is 284 g/mol. The molecule has 6 heteroatoms. The molecule has 3 rings (SSSR count). The Morgan fingerprint density at radius 1 is 1.29 bits per heavy atom. The van der Waals surface area contributed by atoms with Gasteiger partial charge in [0.1, 0.15) is 17.5 Å². The lowest BCUT2D eigenvalue weighted by atomic mass is 10.2. The third-order valence-electron chi connectivity index (χ3n) is 3.30. The molecule has 0 saturated heterocycles. The Labute approximate surface area is 122 Å². The zero-order chi connectivity index (χ0) is 14.8. The summed E-state index contributed by atoms with van der Waals surface area (Å²) in [6, 6.07) is 7.56. The zero-order valence-electron chi connectivity index (χ0n) is 11.9. The van der Waals surface area contributed by atoms with Crippen molar-refractivity contribution >= 4 is 11.0 Å². The Hall–Kier alpha value is -2.63. The Balaban J connectivity index is 2.25. The summed E-state index contributed by atoms with van der Waals surface area (Å²) >= 11 is 0. The molecule has 0 unspecified atom stereocenters. The standard InChI is InChI=1S/C15H16N4O2/c1-3-5-12-13-14(16-9-17-15(13)20)19(18-12)10-6-4-7-11(8-10)21-2/h4,6-9H,3,5H2,1-2H3,(H,16,17,20). The van der Waals surface area contributed by atoms with E-state index in [1.165, 1.54) is 6.33 Å². The van der Waals surface area contributed by atoms with E-state index in [0.717, 1.165) is 30.0 Å². The number of aryl methyl sites for hydroxylation is 1. The number of hydrogen-bond acceptors (Lipinski definition) is 5. The maximum atomic E-state index is 10.0. The molecular formula is C15H16N4O2. The highest BCUT2D eigenvalue weighted by Gasteiger charge is 2.17. The highest BCUT2D eigenvalue weighted by atomic mass is 16.5. The van der Waals surface area contributed by atoms with Gasteiger partial charge < -0.3 is 9.84 Å². The summed E-state index contributed by atoms with van der Waals surface area (Å²) in [6.07, 6.45) is 3.03. The van der Waals surface area contributed by atoms with Crippen molar-refractivity contribution in [3.05, 3.63) is 36.3 Å². The minimum Gasteiger partial charge on any atom is -0.497 e. The number of rotatable bonds is 4. The van der Waals surface area contributed by atoms with Crippen molar-refractivity contribution < 1.29 is 9.84 Å². The summed E-state index contributed by atoms with van der Waals surface area (Å²) in [7, 11) is 1.62. The first kappa shape index (κ1) is 13.4. The van der Waals surface area contributed by atoms with E-state index in [0.29, 0.717) is 11.0 Å². The number of hydrogen-bond donors (Lipinski definition) is 1. The molecule has 0 aliphatic heterocycles. The van der Waals surface area contributed by atoms with E-state index in [2.05, 4.69) is 22.0 Å². The quantitative estimate of drug-likeness (QED) is 0.796. The van der Waals surface area contributed by atoms with Gasteiger partial charge in [-0.05, 0) is 18.6 Å². The van der Waals surface area contributed by atoms with Gasteiger partial charge in [0.25, 0.3) is 0 Å². The molecule has 0 atom stereocenters. The van der Waals surface area contributed by atoms with Crippen LogP contribution in [0.5, 0.6) is 11.6 Å². The summed E-state index contributed by atoms with van der Waals surface area (Å²) in [5, 5.41) is 15.2. The maximum absolute atomic E-state index is 10.0. The molecule has 2 heterocycles. The van der Waals surface area contributed by atoms with Gasteiger partial charge in [0.15, 0.2) is 5.65 Å². The van der Waals surface area contributed by atoms with Crippen LogP contribution in [0.1, 0.15) is 19.0 Å². The van der Waals surface area contributed by atoms with Crippen LogP contribution in [-0.2, 0) is 6.42 Å². The first-order chi connectivity index (χ1) is 10.2. The Morgan fingerprint density at radius 3 is 2.90 bits per heavy atom. The van der Waals surface area contributed by atoms with Crippen molar-refractivity contribution in [3.8, 4) is 17.3 Å². The van der Waals surface area contributed by atoms with Crippen molar-refractivity contribution in [3.63, 3.8) is 0 Å². The van der Waals surface area contributed by atoms with Gasteiger partial charge in [0.05, 0.1) is 18.5 Å². The first-order valence-corrected chi connectivity index (χ1v) is 6.80. The highest BCUT2D eigenvalue weighted by molar-refractivity contribution is 5.84. The molecular weight excluding hydrogens is 268 g/mol. The van der Waals surface area contributed by atoms with E-state index in [1.54, 1.807) is 11.8 Å². The molecule has 0 radical (unpaired) electrons. The average Bonchev–Trinajstić information content (AvgIpc) is 2.88. The molecule has 0 bridgehead atoms. The van der Waals surface area contributed by atoms with Gasteiger partial charge in [-0.1, -0.05) is 19.4 Å². The highest BCUT2D eigenvalue weighted by Crippen LogP contribution is 2.28. The van der Waals surface area contributed by atoms with E-state index in [4.69, 9.17) is 4.74 Å². The number of fused-ring (bicyclic) bond motifs is 1. The van der Waals surface area contributed by atoms with Crippen molar-refractivity contribution in [2.45, 2.75) is 19.8 Å². The summed E-state index contributed by atoms with van der Waals surface area (Å²) in [6.45, 7) is 2.07. The largest absolute Gasteiger partial charge is 0.497 e. The lowest BCUT2D eigenvalue weighted by Crippen LogP contribution is -1.99. The molecule has 2 aromatic heterocycles. The topological polar surface area (TPSA) is 73.1 Å². The third-order valence-corrected chi connectivity index (χ3v) is 3.30. The molecule has 6 nitrogen and oxygen atoms in total.